The van der Waals surface area contributed by atoms with Crippen LogP contribution in [-0.4, -0.2) is 15.1 Å². The van der Waals surface area contributed by atoms with Crippen LogP contribution in [0.1, 0.15) is 45.1 Å². The van der Waals surface area contributed by atoms with Crippen LogP contribution >= 0.6 is 0 Å². The summed E-state index contributed by atoms with van der Waals surface area (Å²) in [5.74, 6) is 0. The highest BCUT2D eigenvalue weighted by Gasteiger charge is 2.39. The zero-order valence-electron chi connectivity index (χ0n) is 9.40. The van der Waals surface area contributed by atoms with E-state index in [1.54, 1.807) is 12.4 Å². The molecule has 0 spiro atoms. The molecule has 82 valence electrons. The molecule has 0 aromatic carbocycles. The fourth-order valence-electron chi connectivity index (χ4n) is 2.61. The van der Waals surface area contributed by atoms with Gasteiger partial charge in [0.15, 0.2) is 0 Å². The van der Waals surface area contributed by atoms with Gasteiger partial charge in [0.25, 0.3) is 0 Å². The van der Waals surface area contributed by atoms with Crippen LogP contribution in [0.25, 0.3) is 0 Å². The molecule has 0 aliphatic heterocycles. The number of nitrogens with zero attached hydrogens (tertiary/aromatic N) is 2. The van der Waals surface area contributed by atoms with E-state index in [1.165, 1.54) is 12.7 Å². The van der Waals surface area contributed by atoms with Crippen molar-refractivity contribution in [3.05, 3.63) is 24.3 Å². The lowest BCUT2D eigenvalue weighted by Crippen LogP contribution is -2.36. The molecule has 1 aliphatic rings. The van der Waals surface area contributed by atoms with E-state index in [0.717, 1.165) is 24.8 Å². The van der Waals surface area contributed by atoms with Gasteiger partial charge in [-0.1, -0.05) is 13.8 Å². The molecule has 1 aliphatic carbocycles. The molecule has 1 N–H and O–H groups in total. The Hall–Kier alpha value is -0.960. The Morgan fingerprint density at radius 3 is 2.47 bits per heavy atom. The zero-order chi connectivity index (χ0) is 10.9. The third kappa shape index (κ3) is 2.17. The standard InChI is InChI=1S/C12H18N2O/c1-11(2)4-3-5-12(15,8-11)10-6-13-9-14-7-10/h6-7,9,15H,3-5,8H2,1-2H3. The Bertz CT molecular complexity index is 337. The molecule has 1 heterocycles. The molecule has 0 bridgehead atoms. The van der Waals surface area contributed by atoms with E-state index in [4.69, 9.17) is 0 Å². The van der Waals surface area contributed by atoms with E-state index in [9.17, 15) is 5.11 Å². The lowest BCUT2D eigenvalue weighted by Gasteiger charge is -2.41. The number of hydrogen-bond donors (Lipinski definition) is 1. The van der Waals surface area contributed by atoms with Crippen molar-refractivity contribution in [2.45, 2.75) is 45.1 Å². The average Bonchev–Trinajstić information content (AvgIpc) is 2.17. The molecule has 1 unspecified atom stereocenters. The van der Waals surface area contributed by atoms with E-state index in [0.29, 0.717) is 0 Å². The van der Waals surface area contributed by atoms with E-state index in [2.05, 4.69) is 23.8 Å². The van der Waals surface area contributed by atoms with Gasteiger partial charge in [0.1, 0.15) is 6.33 Å². The van der Waals surface area contributed by atoms with Crippen molar-refractivity contribution in [2.75, 3.05) is 0 Å². The predicted octanol–water partition coefficient (Wildman–Crippen LogP) is 2.26. The number of aromatic nitrogens is 2. The van der Waals surface area contributed by atoms with Crippen molar-refractivity contribution in [1.29, 1.82) is 0 Å². The summed E-state index contributed by atoms with van der Waals surface area (Å²) in [5.41, 5.74) is 0.351. The summed E-state index contributed by atoms with van der Waals surface area (Å²) in [6.45, 7) is 4.42. The van der Waals surface area contributed by atoms with Gasteiger partial charge in [-0.05, 0) is 31.1 Å². The Morgan fingerprint density at radius 2 is 1.87 bits per heavy atom. The summed E-state index contributed by atoms with van der Waals surface area (Å²) in [6.07, 6.45) is 8.84. The average molecular weight is 206 g/mol. The molecule has 15 heavy (non-hydrogen) atoms. The maximum atomic E-state index is 10.6. The van der Waals surface area contributed by atoms with Gasteiger partial charge in [-0.25, -0.2) is 9.97 Å². The summed E-state index contributed by atoms with van der Waals surface area (Å²) < 4.78 is 0. The first-order valence-corrected chi connectivity index (χ1v) is 5.50. The van der Waals surface area contributed by atoms with Gasteiger partial charge >= 0.3 is 0 Å². The highest BCUT2D eigenvalue weighted by molar-refractivity contribution is 5.16. The molecule has 0 saturated heterocycles. The third-order valence-electron chi connectivity index (χ3n) is 3.31. The van der Waals surface area contributed by atoms with Gasteiger partial charge in [0, 0.05) is 18.0 Å². The number of rotatable bonds is 1. The summed E-state index contributed by atoms with van der Waals surface area (Å²) >= 11 is 0. The summed E-state index contributed by atoms with van der Waals surface area (Å²) in [4.78, 5) is 7.96. The minimum Gasteiger partial charge on any atom is -0.385 e. The predicted molar refractivity (Wildman–Crippen MR) is 58.2 cm³/mol. The van der Waals surface area contributed by atoms with Crippen LogP contribution in [0.4, 0.5) is 0 Å². The van der Waals surface area contributed by atoms with Gasteiger partial charge in [0.2, 0.25) is 0 Å². The molecule has 1 atom stereocenters. The number of hydrogen-bond acceptors (Lipinski definition) is 3. The molecule has 1 aromatic rings. The second-order valence-electron chi connectivity index (χ2n) is 5.35. The molecule has 0 radical (unpaired) electrons. The topological polar surface area (TPSA) is 46.0 Å². The van der Waals surface area contributed by atoms with Gasteiger partial charge in [-0.2, -0.15) is 0 Å². The quantitative estimate of drug-likeness (QED) is 0.766. The first-order valence-electron chi connectivity index (χ1n) is 5.50. The third-order valence-corrected chi connectivity index (χ3v) is 3.31. The van der Waals surface area contributed by atoms with Crippen molar-refractivity contribution in [3.8, 4) is 0 Å². The molecule has 0 amide bonds. The van der Waals surface area contributed by atoms with Gasteiger partial charge in [-0.15, -0.1) is 0 Å². The molecular formula is C12H18N2O. The summed E-state index contributed by atoms with van der Waals surface area (Å²) in [5, 5.41) is 10.6. The van der Waals surface area contributed by atoms with Crippen LogP contribution in [-0.2, 0) is 5.60 Å². The maximum Gasteiger partial charge on any atom is 0.115 e. The summed E-state index contributed by atoms with van der Waals surface area (Å²) in [6, 6.07) is 0. The van der Waals surface area contributed by atoms with Crippen LogP contribution in [0.15, 0.2) is 18.7 Å². The van der Waals surface area contributed by atoms with E-state index in [-0.39, 0.29) is 5.41 Å². The minimum absolute atomic E-state index is 0.211. The maximum absolute atomic E-state index is 10.6. The lowest BCUT2D eigenvalue weighted by atomic mass is 9.68. The molecule has 2 rings (SSSR count). The second kappa shape index (κ2) is 3.56. The highest BCUT2D eigenvalue weighted by Crippen LogP contribution is 2.45. The molecule has 1 fully saturated rings. The Morgan fingerprint density at radius 1 is 1.20 bits per heavy atom. The first-order chi connectivity index (χ1) is 7.02. The van der Waals surface area contributed by atoms with Crippen LogP contribution in [0.2, 0.25) is 0 Å². The Balaban J connectivity index is 2.27. The van der Waals surface area contributed by atoms with Crippen LogP contribution in [0.3, 0.4) is 0 Å². The normalized spacial score (nSPS) is 30.1. The Labute approximate surface area is 90.6 Å². The number of aliphatic hydroxyl groups is 1. The molecule has 3 nitrogen and oxygen atoms in total. The van der Waals surface area contributed by atoms with Gasteiger partial charge in [-0.3, -0.25) is 0 Å². The molecule has 3 heteroatoms. The van der Waals surface area contributed by atoms with E-state index >= 15 is 0 Å². The monoisotopic (exact) mass is 206 g/mol. The molecule has 1 saturated carbocycles. The van der Waals surface area contributed by atoms with Crippen molar-refractivity contribution < 1.29 is 5.11 Å². The van der Waals surface area contributed by atoms with Gasteiger partial charge < -0.3 is 5.11 Å². The fraction of sp³-hybridized carbons (Fsp3) is 0.667. The SMILES string of the molecule is CC1(C)CCCC(O)(c2cncnc2)C1. The van der Waals surface area contributed by atoms with Crippen molar-refractivity contribution in [3.63, 3.8) is 0 Å². The lowest BCUT2D eigenvalue weighted by molar-refractivity contribution is -0.0445. The molecule has 1 aromatic heterocycles. The van der Waals surface area contributed by atoms with Crippen molar-refractivity contribution >= 4 is 0 Å². The first kappa shape index (κ1) is 10.6. The van der Waals surface area contributed by atoms with Crippen LogP contribution < -0.4 is 0 Å². The Kier molecular flexibility index (Phi) is 2.51. The molecular weight excluding hydrogens is 188 g/mol. The zero-order valence-corrected chi connectivity index (χ0v) is 9.40. The summed E-state index contributed by atoms with van der Waals surface area (Å²) in [7, 11) is 0. The van der Waals surface area contributed by atoms with Crippen molar-refractivity contribution in [1.82, 2.24) is 9.97 Å². The van der Waals surface area contributed by atoms with Crippen LogP contribution in [0.5, 0.6) is 0 Å². The highest BCUT2D eigenvalue weighted by atomic mass is 16.3. The second-order valence-corrected chi connectivity index (χ2v) is 5.35. The smallest absolute Gasteiger partial charge is 0.115 e. The van der Waals surface area contributed by atoms with Crippen LogP contribution in [0, 0.1) is 5.41 Å². The van der Waals surface area contributed by atoms with E-state index < -0.39 is 5.60 Å². The fourth-order valence-corrected chi connectivity index (χ4v) is 2.61. The van der Waals surface area contributed by atoms with Crippen molar-refractivity contribution in [2.24, 2.45) is 5.41 Å². The minimum atomic E-state index is -0.719. The van der Waals surface area contributed by atoms with E-state index in [1.807, 2.05) is 0 Å². The van der Waals surface area contributed by atoms with Gasteiger partial charge in [0.05, 0.1) is 5.60 Å². The largest absolute Gasteiger partial charge is 0.385 e.